The molecule has 0 bridgehead atoms. The van der Waals surface area contributed by atoms with Gasteiger partial charge in [0.1, 0.15) is 11.3 Å². The Morgan fingerprint density at radius 3 is 2.61 bits per heavy atom. The highest BCUT2D eigenvalue weighted by Crippen LogP contribution is 2.36. The Labute approximate surface area is 163 Å². The molecule has 2 heterocycles. The molecule has 0 saturated heterocycles. The maximum atomic E-state index is 12.9. The van der Waals surface area contributed by atoms with Crippen LogP contribution in [0.3, 0.4) is 0 Å². The normalized spacial score (nSPS) is 13.9. The lowest BCUT2D eigenvalue weighted by Crippen LogP contribution is -2.31. The monoisotopic (exact) mass is 377 g/mol. The number of benzene rings is 1. The van der Waals surface area contributed by atoms with Gasteiger partial charge in [-0.25, -0.2) is 9.48 Å². The summed E-state index contributed by atoms with van der Waals surface area (Å²) in [6, 6.07) is 11.5. The molecule has 3 aromatic rings. The Hall–Kier alpha value is -3.15. The molecule has 28 heavy (non-hydrogen) atoms. The summed E-state index contributed by atoms with van der Waals surface area (Å²) in [5, 5.41) is 4.20. The molecular weight excluding hydrogens is 354 g/mol. The van der Waals surface area contributed by atoms with Gasteiger partial charge in [0.2, 0.25) is 0 Å². The molecule has 0 atom stereocenters. The highest BCUT2D eigenvalue weighted by Gasteiger charge is 2.26. The summed E-state index contributed by atoms with van der Waals surface area (Å²) in [7, 11) is 1.70. The molecule has 6 heteroatoms. The molecule has 0 spiro atoms. The van der Waals surface area contributed by atoms with Gasteiger partial charge in [-0.15, -0.1) is 0 Å². The van der Waals surface area contributed by atoms with Gasteiger partial charge in [0, 0.05) is 31.9 Å². The smallest absolute Gasteiger partial charge is 0.349 e. The van der Waals surface area contributed by atoms with Gasteiger partial charge in [-0.05, 0) is 55.2 Å². The molecule has 1 aliphatic carbocycles. The Balaban J connectivity index is 1.49. The van der Waals surface area contributed by atoms with Crippen molar-refractivity contribution in [3.63, 3.8) is 0 Å². The van der Waals surface area contributed by atoms with Crippen LogP contribution in [0.25, 0.3) is 5.69 Å². The summed E-state index contributed by atoms with van der Waals surface area (Å²) in [5.41, 5.74) is 2.20. The Morgan fingerprint density at radius 2 is 2.04 bits per heavy atom. The first-order valence-electron chi connectivity index (χ1n) is 9.52. The number of rotatable bonds is 5. The third-order valence-corrected chi connectivity index (χ3v) is 5.36. The first-order valence-corrected chi connectivity index (χ1v) is 9.52. The molecule has 0 unspecified atom stereocenters. The molecule has 0 aliphatic heterocycles. The standard InChI is InChI=1S/C22H23N3O3/c1-15-13-19(17-5-3-6-17)28-22(27)20(15)21(26)24(2)14-16-7-9-18(10-8-16)25-12-4-11-23-25/h4,7-13,17H,3,5-6,14H2,1-2H3. The van der Waals surface area contributed by atoms with Gasteiger partial charge in [0.25, 0.3) is 5.91 Å². The molecule has 2 aromatic heterocycles. The summed E-state index contributed by atoms with van der Waals surface area (Å²) in [5.74, 6) is 0.714. The number of amides is 1. The van der Waals surface area contributed by atoms with E-state index in [1.54, 1.807) is 29.7 Å². The van der Waals surface area contributed by atoms with Crippen molar-refractivity contribution in [1.82, 2.24) is 14.7 Å². The van der Waals surface area contributed by atoms with Crippen molar-refractivity contribution >= 4 is 5.91 Å². The molecule has 1 saturated carbocycles. The number of aryl methyl sites for hydroxylation is 1. The zero-order chi connectivity index (χ0) is 19.7. The SMILES string of the molecule is Cc1cc(C2CCC2)oc(=O)c1C(=O)N(C)Cc1ccc(-n2cccn2)cc1. The van der Waals surface area contributed by atoms with Crippen LogP contribution in [0.1, 0.15) is 52.4 Å². The van der Waals surface area contributed by atoms with Crippen LogP contribution in [0, 0.1) is 6.92 Å². The molecule has 1 aliphatic rings. The van der Waals surface area contributed by atoms with Gasteiger partial charge >= 0.3 is 5.63 Å². The van der Waals surface area contributed by atoms with Gasteiger partial charge in [-0.3, -0.25) is 4.79 Å². The van der Waals surface area contributed by atoms with Crippen molar-refractivity contribution in [3.05, 3.63) is 81.7 Å². The van der Waals surface area contributed by atoms with E-state index >= 15 is 0 Å². The van der Waals surface area contributed by atoms with E-state index in [0.717, 1.165) is 30.5 Å². The number of nitrogens with zero attached hydrogens (tertiary/aromatic N) is 3. The van der Waals surface area contributed by atoms with E-state index in [1.807, 2.05) is 42.6 Å². The zero-order valence-corrected chi connectivity index (χ0v) is 16.1. The van der Waals surface area contributed by atoms with E-state index in [4.69, 9.17) is 4.42 Å². The van der Waals surface area contributed by atoms with Crippen LogP contribution < -0.4 is 5.63 Å². The van der Waals surface area contributed by atoms with Crippen molar-refractivity contribution < 1.29 is 9.21 Å². The average molecular weight is 377 g/mol. The van der Waals surface area contributed by atoms with Crippen LogP contribution in [-0.4, -0.2) is 27.6 Å². The summed E-state index contributed by atoms with van der Waals surface area (Å²) in [4.78, 5) is 26.9. The number of carbonyl (C=O) groups is 1. The minimum atomic E-state index is -0.534. The van der Waals surface area contributed by atoms with Gasteiger partial charge in [-0.1, -0.05) is 18.6 Å². The molecule has 144 valence electrons. The van der Waals surface area contributed by atoms with Crippen LogP contribution in [0.4, 0.5) is 0 Å². The highest BCUT2D eigenvalue weighted by atomic mass is 16.4. The maximum absolute atomic E-state index is 12.9. The van der Waals surface area contributed by atoms with Crippen LogP contribution in [-0.2, 0) is 6.54 Å². The molecule has 1 fully saturated rings. The Kier molecular flexibility index (Phi) is 4.86. The Bertz CT molecular complexity index is 1030. The van der Waals surface area contributed by atoms with E-state index in [1.165, 1.54) is 0 Å². The van der Waals surface area contributed by atoms with Gasteiger partial charge in [0.05, 0.1) is 5.69 Å². The third kappa shape index (κ3) is 3.50. The number of hydrogen-bond donors (Lipinski definition) is 0. The highest BCUT2D eigenvalue weighted by molar-refractivity contribution is 5.94. The van der Waals surface area contributed by atoms with Crippen LogP contribution >= 0.6 is 0 Å². The molecule has 0 radical (unpaired) electrons. The molecule has 1 amide bonds. The van der Waals surface area contributed by atoms with Gasteiger partial charge in [-0.2, -0.15) is 5.10 Å². The van der Waals surface area contributed by atoms with Gasteiger partial charge in [0.15, 0.2) is 0 Å². The summed E-state index contributed by atoms with van der Waals surface area (Å²) < 4.78 is 7.23. The molecule has 0 N–H and O–H groups in total. The lowest BCUT2D eigenvalue weighted by atomic mass is 9.83. The molecule has 6 nitrogen and oxygen atoms in total. The van der Waals surface area contributed by atoms with E-state index in [0.29, 0.717) is 23.8 Å². The van der Waals surface area contributed by atoms with Crippen molar-refractivity contribution in [2.45, 2.75) is 38.6 Å². The van der Waals surface area contributed by atoms with Crippen molar-refractivity contribution in [2.24, 2.45) is 0 Å². The topological polar surface area (TPSA) is 68.3 Å². The van der Waals surface area contributed by atoms with E-state index in [-0.39, 0.29) is 11.5 Å². The zero-order valence-electron chi connectivity index (χ0n) is 16.1. The van der Waals surface area contributed by atoms with Crippen LogP contribution in [0.5, 0.6) is 0 Å². The van der Waals surface area contributed by atoms with E-state index in [9.17, 15) is 9.59 Å². The quantitative estimate of drug-likeness (QED) is 0.680. The first-order chi connectivity index (χ1) is 13.5. The molecular formula is C22H23N3O3. The van der Waals surface area contributed by atoms with Crippen molar-refractivity contribution in [1.29, 1.82) is 0 Å². The fourth-order valence-electron chi connectivity index (χ4n) is 3.50. The Morgan fingerprint density at radius 1 is 1.29 bits per heavy atom. The average Bonchev–Trinajstić information content (AvgIpc) is 3.15. The number of aromatic nitrogens is 2. The van der Waals surface area contributed by atoms with Crippen molar-refractivity contribution in [3.8, 4) is 5.69 Å². The third-order valence-electron chi connectivity index (χ3n) is 5.36. The van der Waals surface area contributed by atoms with Crippen molar-refractivity contribution in [2.75, 3.05) is 7.05 Å². The summed E-state index contributed by atoms with van der Waals surface area (Å²) >= 11 is 0. The largest absolute Gasteiger partial charge is 0.427 e. The number of carbonyl (C=O) groups excluding carboxylic acids is 1. The number of hydrogen-bond acceptors (Lipinski definition) is 4. The fraction of sp³-hybridized carbons (Fsp3) is 0.318. The predicted molar refractivity (Wildman–Crippen MR) is 106 cm³/mol. The summed E-state index contributed by atoms with van der Waals surface area (Å²) in [6.07, 6.45) is 6.86. The van der Waals surface area contributed by atoms with E-state index in [2.05, 4.69) is 5.10 Å². The minimum absolute atomic E-state index is 0.124. The second-order valence-electron chi connectivity index (χ2n) is 7.40. The lowest BCUT2D eigenvalue weighted by Gasteiger charge is -2.24. The van der Waals surface area contributed by atoms with Crippen LogP contribution in [0.2, 0.25) is 0 Å². The maximum Gasteiger partial charge on any atom is 0.349 e. The predicted octanol–water partition coefficient (Wildman–Crippen LogP) is 3.67. The lowest BCUT2D eigenvalue weighted by molar-refractivity contribution is 0.0779. The minimum Gasteiger partial charge on any atom is -0.427 e. The first kappa shape index (κ1) is 18.2. The molecule has 4 rings (SSSR count). The second kappa shape index (κ2) is 7.46. The van der Waals surface area contributed by atoms with E-state index < -0.39 is 5.63 Å². The summed E-state index contributed by atoms with van der Waals surface area (Å²) in [6.45, 7) is 2.21. The molecule has 1 aromatic carbocycles. The van der Waals surface area contributed by atoms with Gasteiger partial charge < -0.3 is 9.32 Å². The fourth-order valence-corrected chi connectivity index (χ4v) is 3.50. The van der Waals surface area contributed by atoms with Crippen LogP contribution in [0.15, 0.2) is 58.0 Å². The second-order valence-corrected chi connectivity index (χ2v) is 7.40.